The van der Waals surface area contributed by atoms with Gasteiger partial charge >= 0.3 is 0 Å². The van der Waals surface area contributed by atoms with Crippen LogP contribution in [0, 0.1) is 25.2 Å². The molecule has 0 unspecified atom stereocenters. The minimum absolute atomic E-state index is 0.104. The third-order valence-corrected chi connectivity index (χ3v) is 2.96. The van der Waals surface area contributed by atoms with E-state index in [9.17, 15) is 5.11 Å². The summed E-state index contributed by atoms with van der Waals surface area (Å²) in [7, 11) is 1.64. The van der Waals surface area contributed by atoms with Crippen molar-refractivity contribution < 1.29 is 9.84 Å². The van der Waals surface area contributed by atoms with Gasteiger partial charge in [0.05, 0.1) is 24.6 Å². The van der Waals surface area contributed by atoms with Crippen molar-refractivity contribution in [2.45, 2.75) is 13.8 Å². The van der Waals surface area contributed by atoms with Crippen molar-refractivity contribution in [3.63, 3.8) is 0 Å². The summed E-state index contributed by atoms with van der Waals surface area (Å²) in [5.74, 6) is 0.747. The lowest BCUT2D eigenvalue weighted by Crippen LogP contribution is -1.93. The van der Waals surface area contributed by atoms with Gasteiger partial charge in [0, 0.05) is 5.56 Å². The van der Waals surface area contributed by atoms with Gasteiger partial charge in [-0.25, -0.2) is 0 Å². The molecule has 0 radical (unpaired) electrons. The first kappa shape index (κ1) is 12.9. The smallest absolute Gasteiger partial charge is 0.151 e. The summed E-state index contributed by atoms with van der Waals surface area (Å²) in [6, 6.07) is 7.42. The Bertz CT molecular complexity index is 649. The standard InChI is InChI=1S/C15H14N2O2/c1-9-4-11(5-10(2)15(9)19-3)13-6-12(7-16)14(18)8-17-13/h4-6,8,18H,1-3H3. The number of aromatic nitrogens is 1. The summed E-state index contributed by atoms with van der Waals surface area (Å²) in [6.07, 6.45) is 1.29. The molecule has 0 amide bonds. The van der Waals surface area contributed by atoms with Crippen LogP contribution >= 0.6 is 0 Å². The Morgan fingerprint density at radius 1 is 1.21 bits per heavy atom. The number of methoxy groups -OCH3 is 1. The fourth-order valence-corrected chi connectivity index (χ4v) is 2.12. The first-order chi connectivity index (χ1) is 9.06. The Morgan fingerprint density at radius 3 is 2.37 bits per heavy atom. The van der Waals surface area contributed by atoms with E-state index in [0.717, 1.165) is 22.4 Å². The SMILES string of the molecule is COc1c(C)cc(-c2cc(C#N)c(O)cn2)cc1C. The molecule has 2 rings (SSSR count). The number of rotatable bonds is 2. The van der Waals surface area contributed by atoms with Crippen molar-refractivity contribution in [2.24, 2.45) is 0 Å². The fourth-order valence-electron chi connectivity index (χ4n) is 2.12. The van der Waals surface area contributed by atoms with Crippen LogP contribution in [-0.2, 0) is 0 Å². The molecule has 1 aromatic carbocycles. The average molecular weight is 254 g/mol. The summed E-state index contributed by atoms with van der Waals surface area (Å²) >= 11 is 0. The van der Waals surface area contributed by atoms with Crippen LogP contribution in [0.1, 0.15) is 16.7 Å². The molecule has 4 nitrogen and oxygen atoms in total. The summed E-state index contributed by atoms with van der Waals surface area (Å²) in [5.41, 5.74) is 3.78. The van der Waals surface area contributed by atoms with E-state index in [1.54, 1.807) is 13.2 Å². The van der Waals surface area contributed by atoms with Crippen LogP contribution in [0.25, 0.3) is 11.3 Å². The van der Waals surface area contributed by atoms with Crippen molar-refractivity contribution in [1.82, 2.24) is 4.98 Å². The quantitative estimate of drug-likeness (QED) is 0.894. The van der Waals surface area contributed by atoms with E-state index in [0.29, 0.717) is 5.69 Å². The number of benzene rings is 1. The van der Waals surface area contributed by atoms with E-state index in [4.69, 9.17) is 10.00 Å². The van der Waals surface area contributed by atoms with Crippen LogP contribution in [0.15, 0.2) is 24.4 Å². The van der Waals surface area contributed by atoms with Gasteiger partial charge in [0.25, 0.3) is 0 Å². The molecule has 4 heteroatoms. The highest BCUT2D eigenvalue weighted by Gasteiger charge is 2.10. The molecule has 1 N–H and O–H groups in total. The summed E-state index contributed by atoms with van der Waals surface area (Å²) < 4.78 is 5.32. The maximum Gasteiger partial charge on any atom is 0.151 e. The Balaban J connectivity index is 2.57. The van der Waals surface area contributed by atoms with Gasteiger partial charge in [-0.2, -0.15) is 5.26 Å². The first-order valence-electron chi connectivity index (χ1n) is 5.81. The third kappa shape index (κ3) is 2.36. The zero-order chi connectivity index (χ0) is 14.0. The number of nitrogens with zero attached hydrogens (tertiary/aromatic N) is 2. The van der Waals surface area contributed by atoms with Crippen LogP contribution in [0.3, 0.4) is 0 Å². The minimum atomic E-state index is -0.104. The average Bonchev–Trinajstić information content (AvgIpc) is 2.39. The molecule has 0 aliphatic rings. The lowest BCUT2D eigenvalue weighted by Gasteiger charge is -2.11. The monoisotopic (exact) mass is 254 g/mol. The van der Waals surface area contributed by atoms with Gasteiger partial charge in [0.2, 0.25) is 0 Å². The molecule has 96 valence electrons. The zero-order valence-corrected chi connectivity index (χ0v) is 11.1. The second-order valence-corrected chi connectivity index (χ2v) is 4.34. The Morgan fingerprint density at radius 2 is 1.84 bits per heavy atom. The van der Waals surface area contributed by atoms with E-state index in [1.807, 2.05) is 32.0 Å². The van der Waals surface area contributed by atoms with Gasteiger partial charge < -0.3 is 9.84 Å². The molecular weight excluding hydrogens is 240 g/mol. The van der Waals surface area contributed by atoms with E-state index in [-0.39, 0.29) is 11.3 Å². The zero-order valence-electron chi connectivity index (χ0n) is 11.1. The number of hydrogen-bond donors (Lipinski definition) is 1. The van der Waals surface area contributed by atoms with Crippen molar-refractivity contribution in [2.75, 3.05) is 7.11 Å². The number of aryl methyl sites for hydroxylation is 2. The number of nitriles is 1. The van der Waals surface area contributed by atoms with Gasteiger partial charge in [0.15, 0.2) is 5.75 Å². The Labute approximate surface area is 111 Å². The van der Waals surface area contributed by atoms with Crippen LogP contribution in [0.5, 0.6) is 11.5 Å². The number of hydrogen-bond acceptors (Lipinski definition) is 4. The third-order valence-electron chi connectivity index (χ3n) is 2.96. The molecule has 0 aliphatic carbocycles. The minimum Gasteiger partial charge on any atom is -0.505 e. The van der Waals surface area contributed by atoms with Gasteiger partial charge in [0.1, 0.15) is 11.8 Å². The predicted octanol–water partition coefficient (Wildman–Crippen LogP) is 2.95. The van der Waals surface area contributed by atoms with Crippen LogP contribution in [0.2, 0.25) is 0 Å². The van der Waals surface area contributed by atoms with E-state index in [1.165, 1.54) is 6.20 Å². The molecular formula is C15H14N2O2. The lowest BCUT2D eigenvalue weighted by atomic mass is 10.0. The van der Waals surface area contributed by atoms with Crippen LogP contribution in [0.4, 0.5) is 0 Å². The van der Waals surface area contributed by atoms with Gasteiger partial charge in [-0.05, 0) is 43.2 Å². The molecule has 0 spiro atoms. The maximum atomic E-state index is 9.47. The summed E-state index contributed by atoms with van der Waals surface area (Å²) in [4.78, 5) is 4.15. The molecule has 0 saturated heterocycles. The maximum absolute atomic E-state index is 9.47. The Kier molecular flexibility index (Phi) is 3.39. The molecule has 19 heavy (non-hydrogen) atoms. The lowest BCUT2D eigenvalue weighted by molar-refractivity contribution is 0.408. The van der Waals surface area contributed by atoms with E-state index in [2.05, 4.69) is 4.98 Å². The molecule has 1 aromatic heterocycles. The molecule has 2 aromatic rings. The molecule has 0 aliphatic heterocycles. The van der Waals surface area contributed by atoms with Gasteiger partial charge in [-0.15, -0.1) is 0 Å². The van der Waals surface area contributed by atoms with Gasteiger partial charge in [-0.1, -0.05) is 0 Å². The second kappa shape index (κ2) is 4.99. The summed E-state index contributed by atoms with van der Waals surface area (Å²) in [5, 5.41) is 18.4. The van der Waals surface area contributed by atoms with Crippen molar-refractivity contribution in [3.8, 4) is 28.8 Å². The largest absolute Gasteiger partial charge is 0.505 e. The molecule has 0 bridgehead atoms. The number of ether oxygens (including phenoxy) is 1. The van der Waals surface area contributed by atoms with Crippen LogP contribution < -0.4 is 4.74 Å². The molecule has 1 heterocycles. The highest BCUT2D eigenvalue weighted by atomic mass is 16.5. The molecule has 0 atom stereocenters. The first-order valence-corrected chi connectivity index (χ1v) is 5.81. The van der Waals surface area contributed by atoms with E-state index < -0.39 is 0 Å². The summed E-state index contributed by atoms with van der Waals surface area (Å²) in [6.45, 7) is 3.92. The Hall–Kier alpha value is -2.54. The van der Waals surface area contributed by atoms with Gasteiger partial charge in [-0.3, -0.25) is 4.98 Å². The second-order valence-electron chi connectivity index (χ2n) is 4.34. The van der Waals surface area contributed by atoms with Crippen molar-refractivity contribution in [3.05, 3.63) is 41.1 Å². The normalized spacial score (nSPS) is 10.0. The van der Waals surface area contributed by atoms with Crippen LogP contribution in [-0.4, -0.2) is 17.2 Å². The molecule has 0 fully saturated rings. The van der Waals surface area contributed by atoms with E-state index >= 15 is 0 Å². The highest BCUT2D eigenvalue weighted by Crippen LogP contribution is 2.30. The topological polar surface area (TPSA) is 66.1 Å². The number of aromatic hydroxyl groups is 1. The fraction of sp³-hybridized carbons (Fsp3) is 0.200. The molecule has 0 saturated carbocycles. The highest BCUT2D eigenvalue weighted by molar-refractivity contribution is 5.66. The van der Waals surface area contributed by atoms with Crippen molar-refractivity contribution >= 4 is 0 Å². The predicted molar refractivity (Wildman–Crippen MR) is 72.1 cm³/mol. The number of pyridine rings is 1. The van der Waals surface area contributed by atoms with Crippen molar-refractivity contribution in [1.29, 1.82) is 5.26 Å².